The molecule has 1 aliphatic heterocycles. The first kappa shape index (κ1) is 13.5. The largest absolute Gasteiger partial charge is 0.263 e. The zero-order chi connectivity index (χ0) is 13.2. The van der Waals surface area contributed by atoms with E-state index in [2.05, 4.69) is 18.8 Å². The van der Waals surface area contributed by atoms with E-state index >= 15 is 0 Å². The van der Waals surface area contributed by atoms with Crippen molar-refractivity contribution in [3.8, 4) is 0 Å². The molecular weight excluding hydrogens is 248 g/mol. The molecule has 0 N–H and O–H groups in total. The Bertz CT molecular complexity index is 477. The highest BCUT2D eigenvalue weighted by Crippen LogP contribution is 2.27. The van der Waals surface area contributed by atoms with Crippen LogP contribution in [0.15, 0.2) is 29.4 Å². The van der Waals surface area contributed by atoms with Crippen LogP contribution in [0.1, 0.15) is 26.7 Å². The van der Waals surface area contributed by atoms with Crippen LogP contribution in [0.3, 0.4) is 0 Å². The summed E-state index contributed by atoms with van der Waals surface area (Å²) >= 11 is 0. The SMILES string of the molecule is CC(C)C1CCN(S(=O)(=O)c2cccnc2)CC1. The predicted molar refractivity (Wildman–Crippen MR) is 70.6 cm³/mol. The standard InChI is InChI=1S/C13H20N2O2S/c1-11(2)12-5-8-15(9-6-12)18(16,17)13-4-3-7-14-10-13/h3-4,7,10-12H,5-6,8-9H2,1-2H3. The van der Waals surface area contributed by atoms with Crippen molar-refractivity contribution in [3.63, 3.8) is 0 Å². The van der Waals surface area contributed by atoms with E-state index in [1.165, 1.54) is 6.20 Å². The first-order valence-electron chi connectivity index (χ1n) is 6.42. The van der Waals surface area contributed by atoms with Crippen molar-refractivity contribution >= 4 is 10.0 Å². The molecule has 1 saturated heterocycles. The molecule has 18 heavy (non-hydrogen) atoms. The maximum absolute atomic E-state index is 12.3. The van der Waals surface area contributed by atoms with Gasteiger partial charge in [0.2, 0.25) is 10.0 Å². The summed E-state index contributed by atoms with van der Waals surface area (Å²) in [6, 6.07) is 3.27. The predicted octanol–water partition coefficient (Wildman–Crippen LogP) is 2.14. The van der Waals surface area contributed by atoms with E-state index in [9.17, 15) is 8.42 Å². The van der Waals surface area contributed by atoms with Crippen LogP contribution in [-0.2, 0) is 10.0 Å². The van der Waals surface area contributed by atoms with Crippen molar-refractivity contribution < 1.29 is 8.42 Å². The molecule has 0 atom stereocenters. The van der Waals surface area contributed by atoms with Gasteiger partial charge in [-0.25, -0.2) is 8.42 Å². The monoisotopic (exact) mass is 268 g/mol. The molecule has 1 aromatic heterocycles. The lowest BCUT2D eigenvalue weighted by molar-refractivity contribution is 0.226. The maximum Gasteiger partial charge on any atom is 0.244 e. The lowest BCUT2D eigenvalue weighted by Crippen LogP contribution is -2.39. The first-order chi connectivity index (χ1) is 8.51. The first-order valence-corrected chi connectivity index (χ1v) is 7.86. The van der Waals surface area contributed by atoms with Crippen LogP contribution in [0.2, 0.25) is 0 Å². The average molecular weight is 268 g/mol. The summed E-state index contributed by atoms with van der Waals surface area (Å²) in [5.74, 6) is 1.28. The van der Waals surface area contributed by atoms with Crippen molar-refractivity contribution in [2.75, 3.05) is 13.1 Å². The highest BCUT2D eigenvalue weighted by Gasteiger charge is 2.30. The van der Waals surface area contributed by atoms with Crippen LogP contribution in [0.4, 0.5) is 0 Å². The number of rotatable bonds is 3. The van der Waals surface area contributed by atoms with E-state index in [0.717, 1.165) is 12.8 Å². The molecule has 0 unspecified atom stereocenters. The van der Waals surface area contributed by atoms with E-state index in [0.29, 0.717) is 29.8 Å². The molecule has 1 fully saturated rings. The summed E-state index contributed by atoms with van der Waals surface area (Å²) in [4.78, 5) is 4.18. The quantitative estimate of drug-likeness (QED) is 0.844. The minimum atomic E-state index is -3.34. The van der Waals surface area contributed by atoms with Crippen LogP contribution < -0.4 is 0 Å². The van der Waals surface area contributed by atoms with Crippen LogP contribution in [0, 0.1) is 11.8 Å². The van der Waals surface area contributed by atoms with Crippen LogP contribution in [0.5, 0.6) is 0 Å². The Kier molecular flexibility index (Phi) is 4.02. The molecule has 0 saturated carbocycles. The normalized spacial score (nSPS) is 19.3. The van der Waals surface area contributed by atoms with Crippen LogP contribution in [0.25, 0.3) is 0 Å². The number of sulfonamides is 1. The van der Waals surface area contributed by atoms with Gasteiger partial charge in [-0.05, 0) is 36.8 Å². The summed E-state index contributed by atoms with van der Waals surface area (Å²) in [7, 11) is -3.34. The van der Waals surface area contributed by atoms with Gasteiger partial charge in [-0.1, -0.05) is 13.8 Å². The Morgan fingerprint density at radius 2 is 2.00 bits per heavy atom. The molecule has 1 aliphatic rings. The number of aromatic nitrogens is 1. The van der Waals surface area contributed by atoms with Gasteiger partial charge in [0.25, 0.3) is 0 Å². The zero-order valence-electron chi connectivity index (χ0n) is 10.9. The minimum absolute atomic E-state index is 0.299. The van der Waals surface area contributed by atoms with Gasteiger partial charge in [-0.15, -0.1) is 0 Å². The molecule has 4 nitrogen and oxygen atoms in total. The molecule has 0 spiro atoms. The van der Waals surface area contributed by atoms with Crippen molar-refractivity contribution in [3.05, 3.63) is 24.5 Å². The molecule has 0 bridgehead atoms. The van der Waals surface area contributed by atoms with Crippen molar-refractivity contribution in [1.82, 2.24) is 9.29 Å². The fourth-order valence-electron chi connectivity index (χ4n) is 2.43. The number of nitrogens with zero attached hydrogens (tertiary/aromatic N) is 2. The number of hydrogen-bond donors (Lipinski definition) is 0. The second kappa shape index (κ2) is 5.36. The lowest BCUT2D eigenvalue weighted by atomic mass is 9.87. The smallest absolute Gasteiger partial charge is 0.244 e. The van der Waals surface area contributed by atoms with Crippen LogP contribution in [-0.4, -0.2) is 30.8 Å². The number of pyridine rings is 1. The highest BCUT2D eigenvalue weighted by molar-refractivity contribution is 7.89. The van der Waals surface area contributed by atoms with Gasteiger partial charge in [0.05, 0.1) is 0 Å². The summed E-state index contributed by atoms with van der Waals surface area (Å²) in [5.41, 5.74) is 0. The summed E-state index contributed by atoms with van der Waals surface area (Å²) in [5, 5.41) is 0. The van der Waals surface area contributed by atoms with Gasteiger partial charge in [-0.3, -0.25) is 4.98 Å². The molecule has 2 heterocycles. The molecule has 0 aromatic carbocycles. The summed E-state index contributed by atoms with van der Waals surface area (Å²) in [6.07, 6.45) is 4.92. The van der Waals surface area contributed by atoms with E-state index < -0.39 is 10.0 Å². The Morgan fingerprint density at radius 1 is 1.33 bits per heavy atom. The van der Waals surface area contributed by atoms with Crippen LogP contribution >= 0.6 is 0 Å². The summed E-state index contributed by atoms with van der Waals surface area (Å²) in [6.45, 7) is 5.66. The fourth-order valence-corrected chi connectivity index (χ4v) is 3.87. The topological polar surface area (TPSA) is 50.3 Å². The molecule has 0 radical (unpaired) electrons. The van der Waals surface area contributed by atoms with Gasteiger partial charge in [0.1, 0.15) is 4.90 Å². The van der Waals surface area contributed by atoms with Gasteiger partial charge in [0, 0.05) is 25.5 Å². The van der Waals surface area contributed by atoms with E-state index in [-0.39, 0.29) is 0 Å². The molecule has 1 aromatic rings. The zero-order valence-corrected chi connectivity index (χ0v) is 11.7. The van der Waals surface area contributed by atoms with E-state index in [4.69, 9.17) is 0 Å². The van der Waals surface area contributed by atoms with E-state index in [1.54, 1.807) is 22.6 Å². The molecule has 100 valence electrons. The molecule has 0 amide bonds. The number of piperidine rings is 1. The van der Waals surface area contributed by atoms with Gasteiger partial charge < -0.3 is 0 Å². The van der Waals surface area contributed by atoms with Gasteiger partial charge in [0.15, 0.2) is 0 Å². The Labute approximate surface area is 109 Å². The molecule has 2 rings (SSSR count). The fraction of sp³-hybridized carbons (Fsp3) is 0.615. The summed E-state index contributed by atoms with van der Waals surface area (Å²) < 4.78 is 26.3. The van der Waals surface area contributed by atoms with Crippen molar-refractivity contribution in [2.24, 2.45) is 11.8 Å². The Balaban J connectivity index is 2.10. The molecule has 0 aliphatic carbocycles. The lowest BCUT2D eigenvalue weighted by Gasteiger charge is -2.32. The Hall–Kier alpha value is -0.940. The third-order valence-corrected chi connectivity index (χ3v) is 5.60. The second-order valence-corrected chi connectivity index (χ2v) is 7.11. The third-order valence-electron chi connectivity index (χ3n) is 3.71. The highest BCUT2D eigenvalue weighted by atomic mass is 32.2. The van der Waals surface area contributed by atoms with E-state index in [1.807, 2.05) is 0 Å². The average Bonchev–Trinajstić information content (AvgIpc) is 2.40. The van der Waals surface area contributed by atoms with Gasteiger partial charge >= 0.3 is 0 Å². The van der Waals surface area contributed by atoms with Crippen molar-refractivity contribution in [2.45, 2.75) is 31.6 Å². The van der Waals surface area contributed by atoms with Gasteiger partial charge in [-0.2, -0.15) is 4.31 Å². The number of hydrogen-bond acceptors (Lipinski definition) is 3. The third kappa shape index (κ3) is 2.72. The molecular formula is C13H20N2O2S. The van der Waals surface area contributed by atoms with Crippen molar-refractivity contribution in [1.29, 1.82) is 0 Å². The Morgan fingerprint density at radius 3 is 2.50 bits per heavy atom. The maximum atomic E-state index is 12.3. The minimum Gasteiger partial charge on any atom is -0.263 e. The second-order valence-electron chi connectivity index (χ2n) is 5.17. The molecule has 5 heteroatoms.